The van der Waals surface area contributed by atoms with Crippen LogP contribution in [0, 0.1) is 0 Å². The molecule has 0 heterocycles. The third kappa shape index (κ3) is 4.48. The fraction of sp³-hybridized carbons (Fsp3) is 1.00. The number of hydrogen-bond acceptors (Lipinski definition) is 1. The van der Waals surface area contributed by atoms with Crippen LogP contribution < -0.4 is 0 Å². The minimum absolute atomic E-state index is 1.51. The Morgan fingerprint density at radius 2 is 0.750 bits per heavy atom. The molecule has 0 saturated carbocycles. The van der Waals surface area contributed by atoms with Crippen molar-refractivity contribution in [3.63, 3.8) is 0 Å². The molecule has 0 aliphatic rings. The van der Waals surface area contributed by atoms with E-state index in [-0.39, 0.29) is 0 Å². The molecule has 0 amide bonds. The summed E-state index contributed by atoms with van der Waals surface area (Å²) in [6.45, 7) is 7.37. The Balaban J connectivity index is 5.40. The van der Waals surface area contributed by atoms with Gasteiger partial charge in [-0.25, -0.2) is 0 Å². The van der Waals surface area contributed by atoms with E-state index in [9.17, 15) is 0 Å². The molecule has 0 N–H and O–H groups in total. The summed E-state index contributed by atoms with van der Waals surface area (Å²) in [4.78, 5) is 16.2. The first-order chi connectivity index (χ1) is 7.05. The summed E-state index contributed by atoms with van der Waals surface area (Å²) in [5, 5.41) is 0. The van der Waals surface area contributed by atoms with E-state index in [2.05, 4.69) is 50.0 Å². The van der Waals surface area contributed by atoms with Crippen LogP contribution in [0.25, 0.3) is 0 Å². The zero-order valence-electron chi connectivity index (χ0n) is 13.1. The van der Waals surface area contributed by atoms with Crippen LogP contribution in [0.4, 0.5) is 0 Å². The molecule has 0 unspecified atom stereocenters. The molecule has 98 valence electrons. The number of rotatable bonds is 6. The molecule has 0 saturated heterocycles. The first-order valence-corrected chi connectivity index (χ1v) is 33.9. The van der Waals surface area contributed by atoms with E-state index in [1.165, 1.54) is 13.3 Å². The Hall–Kier alpha value is 2.36. The van der Waals surface area contributed by atoms with Gasteiger partial charge in [-0.05, 0) is 0 Å². The van der Waals surface area contributed by atoms with Crippen molar-refractivity contribution in [2.45, 2.75) is 63.7 Å². The zero-order valence-corrected chi connectivity index (χ0v) is 21.6. The summed E-state index contributed by atoms with van der Waals surface area (Å²) in [7, 11) is 0. The Labute approximate surface area is 117 Å². The predicted molar refractivity (Wildman–Crippen MR) is 85.7 cm³/mol. The third-order valence-corrected chi connectivity index (χ3v) is 99.1. The Bertz CT molecular complexity index is 186. The fourth-order valence-corrected chi connectivity index (χ4v) is 132. The van der Waals surface area contributed by atoms with Gasteiger partial charge in [0.15, 0.2) is 0 Å². The molecule has 0 aromatic carbocycles. The van der Waals surface area contributed by atoms with Gasteiger partial charge in [0.2, 0.25) is 0 Å². The van der Waals surface area contributed by atoms with E-state index >= 15 is 0 Å². The van der Waals surface area contributed by atoms with Crippen molar-refractivity contribution < 1.29 is 0 Å². The minimum atomic E-state index is -1.89. The molecule has 16 heavy (non-hydrogen) atoms. The predicted octanol–water partition coefficient (Wildman–Crippen LogP) is 4.96. The summed E-state index contributed by atoms with van der Waals surface area (Å²) in [5.74, 6) is 0. The Morgan fingerprint density at radius 1 is 0.562 bits per heavy atom. The quantitative estimate of drug-likeness (QED) is 0.425. The summed E-state index contributed by atoms with van der Waals surface area (Å²) < 4.78 is 7.89. The second-order valence-corrected chi connectivity index (χ2v) is 58.7. The molecule has 0 atom stereocenters. The number of nitrogens with zero attached hydrogens (tertiary/aromatic N) is 1. The van der Waals surface area contributed by atoms with Gasteiger partial charge in [-0.2, -0.15) is 0 Å². The van der Waals surface area contributed by atoms with E-state index in [1.54, 1.807) is 0 Å². The van der Waals surface area contributed by atoms with Gasteiger partial charge in [0.05, 0.1) is 0 Å². The molecule has 1 nitrogen and oxygen atoms in total. The van der Waals surface area contributed by atoms with Gasteiger partial charge >= 0.3 is 119 Å². The second kappa shape index (κ2) is 6.68. The molecule has 0 aliphatic carbocycles. The van der Waals surface area contributed by atoms with Crippen molar-refractivity contribution in [2.75, 3.05) is 0 Å². The first-order valence-electron chi connectivity index (χ1n) is 6.85. The molecule has 0 radical (unpaired) electrons. The molecule has 4 heteroatoms. The second-order valence-electron chi connectivity index (χ2n) is 6.83. The first kappa shape index (κ1) is 18.4. The topological polar surface area (TPSA) is 3.24 Å². The molecule has 0 aromatic rings. The van der Waals surface area contributed by atoms with Crippen LogP contribution in [0.3, 0.4) is 0 Å². The van der Waals surface area contributed by atoms with E-state index in [4.69, 9.17) is 0 Å². The summed E-state index contributed by atoms with van der Waals surface area (Å²) in [6.07, 6.45) is 0. The van der Waals surface area contributed by atoms with Crippen LogP contribution >= 0.6 is 0 Å². The van der Waals surface area contributed by atoms with Crippen molar-refractivity contribution in [1.82, 2.24) is -0.435 Å². The van der Waals surface area contributed by atoms with Gasteiger partial charge < -0.3 is 0 Å². The van der Waals surface area contributed by atoms with Crippen molar-refractivity contribution in [3.05, 3.63) is 0 Å². The van der Waals surface area contributed by atoms with E-state index in [0.29, 0.717) is 0 Å². The van der Waals surface area contributed by atoms with Crippen molar-refractivity contribution in [3.8, 4) is 0 Å². The van der Waals surface area contributed by atoms with E-state index < -0.39 is 56.0 Å². The summed E-state index contributed by atoms with van der Waals surface area (Å²) in [5.41, 5.74) is 0. The van der Waals surface area contributed by atoms with E-state index in [0.717, 1.165) is 0 Å². The monoisotopic (exact) mass is 551 g/mol. The summed E-state index contributed by atoms with van der Waals surface area (Å²) in [6, 6.07) is 0. The number of hydrogen-bond donors (Lipinski definition) is 0. The SMILES string of the molecule is C[CH2][Sn]([CH3])([CH3])[N]([Sn]([CH3])([CH3])[CH2]C)[Sn]([CH3])([CH3])[CH2]C. The van der Waals surface area contributed by atoms with Crippen molar-refractivity contribution in [1.29, 1.82) is 0 Å². The molecule has 0 fully saturated rings. The fourth-order valence-electron chi connectivity index (χ4n) is 2.93. The maximum atomic E-state index is 3.36. The van der Waals surface area contributed by atoms with Crippen molar-refractivity contribution >= 4 is 56.0 Å². The van der Waals surface area contributed by atoms with Crippen LogP contribution in [-0.2, 0) is 0 Å². The molecular formula is C12H33NSn3. The Kier molecular flexibility index (Phi) is 7.67. The molecule has 0 aromatic heterocycles. The van der Waals surface area contributed by atoms with Crippen LogP contribution in [0.15, 0.2) is 0 Å². The molecule has 0 spiro atoms. The summed E-state index contributed by atoms with van der Waals surface area (Å²) >= 11 is -5.68. The average molecular weight is 548 g/mol. The average Bonchev–Trinajstić information content (AvgIpc) is 2.16. The standard InChI is InChI=1S/3C2H5.6CH3.N.3Sn/c3*1-2;;;;;;;;;;/h3*1H2,2H3;6*1H3;;;;. The molecule has 0 rings (SSSR count). The third-order valence-electron chi connectivity index (χ3n) is 4.41. The van der Waals surface area contributed by atoms with Gasteiger partial charge in [0, 0.05) is 0 Å². The van der Waals surface area contributed by atoms with Crippen LogP contribution in [0.1, 0.15) is 20.8 Å². The van der Waals surface area contributed by atoms with Crippen LogP contribution in [0.5, 0.6) is 0 Å². The Morgan fingerprint density at radius 3 is 0.875 bits per heavy atom. The van der Waals surface area contributed by atoms with Crippen LogP contribution in [-0.4, -0.2) is 55.5 Å². The molecule has 0 aliphatic heterocycles. The van der Waals surface area contributed by atoms with Crippen molar-refractivity contribution in [2.24, 2.45) is 0 Å². The maximum absolute atomic E-state index is 3.36. The molecule has 0 bridgehead atoms. The van der Waals surface area contributed by atoms with E-state index in [1.807, 2.05) is 0 Å². The normalized spacial score (nSPS) is 14.6. The zero-order chi connectivity index (χ0) is 13.2. The van der Waals surface area contributed by atoms with Gasteiger partial charge in [-0.15, -0.1) is 0 Å². The van der Waals surface area contributed by atoms with Gasteiger partial charge in [0.25, 0.3) is 0 Å². The van der Waals surface area contributed by atoms with Crippen LogP contribution in [0.2, 0.25) is 42.9 Å². The van der Waals surface area contributed by atoms with Gasteiger partial charge in [0.1, 0.15) is 0 Å². The van der Waals surface area contributed by atoms with Gasteiger partial charge in [-0.1, -0.05) is 0 Å². The molecular weight excluding hydrogens is 514 g/mol. The van der Waals surface area contributed by atoms with Gasteiger partial charge in [-0.3, -0.25) is 0 Å².